The topological polar surface area (TPSA) is 71.8 Å². The Kier molecular flexibility index (Phi) is 2.60. The maximum atomic E-state index is 12.0. The summed E-state index contributed by atoms with van der Waals surface area (Å²) in [7, 11) is 0. The quantitative estimate of drug-likeness (QED) is 0.710. The summed E-state index contributed by atoms with van der Waals surface area (Å²) < 4.78 is 23.9. The first kappa shape index (κ1) is 9.63. The molecular formula is C7H9F2N3O. The molecule has 1 aromatic heterocycles. The average molecular weight is 189 g/mol. The van der Waals surface area contributed by atoms with Crippen molar-refractivity contribution >= 4 is 5.95 Å². The molecule has 4 nitrogen and oxygen atoms in total. The van der Waals surface area contributed by atoms with Gasteiger partial charge in [0.1, 0.15) is 0 Å². The summed E-state index contributed by atoms with van der Waals surface area (Å²) in [5.74, 6) is -0.0551. The van der Waals surface area contributed by atoms with Gasteiger partial charge in [0, 0.05) is 12.0 Å². The van der Waals surface area contributed by atoms with Crippen molar-refractivity contribution in [3.8, 4) is 0 Å². The SMILES string of the molecule is Cc1nc(N)[nH]c(=O)c1CC(F)F. The number of nitrogens with one attached hydrogen (secondary N) is 1. The largest absolute Gasteiger partial charge is 0.369 e. The van der Waals surface area contributed by atoms with E-state index in [0.29, 0.717) is 0 Å². The van der Waals surface area contributed by atoms with Gasteiger partial charge in [-0.15, -0.1) is 0 Å². The third-order valence-electron chi connectivity index (χ3n) is 1.60. The Morgan fingerprint density at radius 3 is 2.69 bits per heavy atom. The summed E-state index contributed by atoms with van der Waals surface area (Å²) in [6.45, 7) is 1.48. The van der Waals surface area contributed by atoms with E-state index >= 15 is 0 Å². The molecule has 0 saturated carbocycles. The van der Waals surface area contributed by atoms with Gasteiger partial charge < -0.3 is 5.73 Å². The minimum atomic E-state index is -2.55. The van der Waals surface area contributed by atoms with Crippen LogP contribution in [-0.4, -0.2) is 16.4 Å². The Morgan fingerprint density at radius 1 is 1.62 bits per heavy atom. The molecule has 1 heterocycles. The van der Waals surface area contributed by atoms with Gasteiger partial charge in [-0.25, -0.2) is 13.8 Å². The molecule has 0 radical (unpaired) electrons. The molecule has 0 atom stereocenters. The molecule has 0 saturated heterocycles. The maximum Gasteiger partial charge on any atom is 0.255 e. The smallest absolute Gasteiger partial charge is 0.255 e. The molecule has 72 valence electrons. The first-order valence-electron chi connectivity index (χ1n) is 3.64. The summed E-state index contributed by atoms with van der Waals surface area (Å²) in [6, 6.07) is 0. The van der Waals surface area contributed by atoms with Crippen LogP contribution in [0.1, 0.15) is 11.3 Å². The summed E-state index contributed by atoms with van der Waals surface area (Å²) in [5, 5.41) is 0. The van der Waals surface area contributed by atoms with E-state index in [-0.39, 0.29) is 17.2 Å². The van der Waals surface area contributed by atoms with Crippen LogP contribution >= 0.6 is 0 Å². The molecule has 0 fully saturated rings. The molecule has 13 heavy (non-hydrogen) atoms. The van der Waals surface area contributed by atoms with Crippen molar-refractivity contribution in [2.75, 3.05) is 5.73 Å². The van der Waals surface area contributed by atoms with Crippen molar-refractivity contribution < 1.29 is 8.78 Å². The highest BCUT2D eigenvalue weighted by molar-refractivity contribution is 5.24. The van der Waals surface area contributed by atoms with Gasteiger partial charge in [-0.3, -0.25) is 9.78 Å². The van der Waals surface area contributed by atoms with Crippen LogP contribution in [0.3, 0.4) is 0 Å². The van der Waals surface area contributed by atoms with Crippen molar-refractivity contribution in [3.63, 3.8) is 0 Å². The lowest BCUT2D eigenvalue weighted by Gasteiger charge is -2.03. The highest BCUT2D eigenvalue weighted by Gasteiger charge is 2.12. The van der Waals surface area contributed by atoms with E-state index < -0.39 is 18.4 Å². The second-order valence-electron chi connectivity index (χ2n) is 2.61. The van der Waals surface area contributed by atoms with Crippen molar-refractivity contribution in [3.05, 3.63) is 21.6 Å². The van der Waals surface area contributed by atoms with Crippen molar-refractivity contribution in [2.24, 2.45) is 0 Å². The minimum Gasteiger partial charge on any atom is -0.369 e. The Balaban J connectivity index is 3.14. The van der Waals surface area contributed by atoms with Gasteiger partial charge in [0.05, 0.1) is 5.69 Å². The van der Waals surface area contributed by atoms with Gasteiger partial charge in [-0.2, -0.15) is 0 Å². The van der Waals surface area contributed by atoms with Crippen molar-refractivity contribution in [1.29, 1.82) is 0 Å². The first-order valence-corrected chi connectivity index (χ1v) is 3.64. The van der Waals surface area contributed by atoms with E-state index in [1.807, 2.05) is 0 Å². The van der Waals surface area contributed by atoms with E-state index in [2.05, 4.69) is 9.97 Å². The number of hydrogen-bond acceptors (Lipinski definition) is 3. The third-order valence-corrected chi connectivity index (χ3v) is 1.60. The van der Waals surface area contributed by atoms with Crippen molar-refractivity contribution in [1.82, 2.24) is 9.97 Å². The number of aryl methyl sites for hydroxylation is 1. The Hall–Kier alpha value is -1.46. The number of H-pyrrole nitrogens is 1. The number of hydrogen-bond donors (Lipinski definition) is 2. The van der Waals surface area contributed by atoms with Crippen LogP contribution in [0.2, 0.25) is 0 Å². The molecule has 0 unspecified atom stereocenters. The van der Waals surface area contributed by atoms with Crippen molar-refractivity contribution in [2.45, 2.75) is 19.8 Å². The zero-order chi connectivity index (χ0) is 10.0. The van der Waals surface area contributed by atoms with Crippen LogP contribution in [0.25, 0.3) is 0 Å². The number of nitrogen functional groups attached to an aromatic ring is 1. The predicted octanol–water partition coefficient (Wildman–Crippen LogP) is 0.468. The molecule has 0 aliphatic carbocycles. The fraction of sp³-hybridized carbons (Fsp3) is 0.429. The number of aromatic amines is 1. The molecule has 0 spiro atoms. The normalized spacial score (nSPS) is 10.8. The van der Waals surface area contributed by atoms with E-state index in [0.717, 1.165) is 0 Å². The molecule has 0 bridgehead atoms. The van der Waals surface area contributed by atoms with E-state index in [9.17, 15) is 13.6 Å². The van der Waals surface area contributed by atoms with E-state index in [1.165, 1.54) is 6.92 Å². The summed E-state index contributed by atoms with van der Waals surface area (Å²) in [4.78, 5) is 16.9. The monoisotopic (exact) mass is 189 g/mol. The Morgan fingerprint density at radius 2 is 2.23 bits per heavy atom. The molecular weight excluding hydrogens is 180 g/mol. The third kappa shape index (κ3) is 2.24. The number of aromatic nitrogens is 2. The fourth-order valence-electron chi connectivity index (χ4n) is 1.03. The van der Waals surface area contributed by atoms with Crippen LogP contribution in [0.5, 0.6) is 0 Å². The maximum absolute atomic E-state index is 12.0. The number of nitrogens with zero attached hydrogens (tertiary/aromatic N) is 1. The predicted molar refractivity (Wildman–Crippen MR) is 43.7 cm³/mol. The van der Waals surface area contributed by atoms with Gasteiger partial charge in [-0.05, 0) is 6.92 Å². The molecule has 1 rings (SSSR count). The zero-order valence-electron chi connectivity index (χ0n) is 6.97. The molecule has 6 heteroatoms. The van der Waals surface area contributed by atoms with Gasteiger partial charge in [0.15, 0.2) is 0 Å². The minimum absolute atomic E-state index is 0.01000. The summed E-state index contributed by atoms with van der Waals surface area (Å²) in [5.41, 5.74) is 4.85. The lowest BCUT2D eigenvalue weighted by molar-refractivity contribution is 0.148. The zero-order valence-corrected chi connectivity index (χ0v) is 6.97. The van der Waals surface area contributed by atoms with Crippen LogP contribution in [0, 0.1) is 6.92 Å². The first-order chi connectivity index (χ1) is 6.00. The highest BCUT2D eigenvalue weighted by Crippen LogP contribution is 2.06. The fourth-order valence-corrected chi connectivity index (χ4v) is 1.03. The Bertz CT molecular complexity index is 361. The molecule has 0 aromatic carbocycles. The van der Waals surface area contributed by atoms with Gasteiger partial charge >= 0.3 is 0 Å². The standard InChI is InChI=1S/C7H9F2N3O/c1-3-4(2-5(8)9)6(13)12-7(10)11-3/h5H,2H2,1H3,(H3,10,11,12,13). The van der Waals surface area contributed by atoms with Gasteiger partial charge in [0.2, 0.25) is 12.4 Å². The average Bonchev–Trinajstić information content (AvgIpc) is 1.96. The molecule has 1 aromatic rings. The summed E-state index contributed by atoms with van der Waals surface area (Å²) in [6.07, 6.45) is -3.14. The Labute approximate surface area is 72.8 Å². The van der Waals surface area contributed by atoms with Crippen LogP contribution in [0.4, 0.5) is 14.7 Å². The van der Waals surface area contributed by atoms with Crippen LogP contribution in [0.15, 0.2) is 4.79 Å². The number of halogens is 2. The molecule has 0 aliphatic heterocycles. The summed E-state index contributed by atoms with van der Waals surface area (Å²) >= 11 is 0. The lowest BCUT2D eigenvalue weighted by atomic mass is 10.2. The van der Waals surface area contributed by atoms with Gasteiger partial charge in [0.25, 0.3) is 5.56 Å². The van der Waals surface area contributed by atoms with Crippen LogP contribution in [-0.2, 0) is 6.42 Å². The van der Waals surface area contributed by atoms with E-state index in [1.54, 1.807) is 0 Å². The number of rotatable bonds is 2. The van der Waals surface area contributed by atoms with Gasteiger partial charge in [-0.1, -0.05) is 0 Å². The second kappa shape index (κ2) is 3.51. The van der Waals surface area contributed by atoms with Crippen LogP contribution < -0.4 is 11.3 Å². The number of alkyl halides is 2. The number of nitrogens with two attached hydrogens (primary N) is 1. The highest BCUT2D eigenvalue weighted by atomic mass is 19.3. The molecule has 0 amide bonds. The van der Waals surface area contributed by atoms with E-state index in [4.69, 9.17) is 5.73 Å². The second-order valence-corrected chi connectivity index (χ2v) is 2.61. The molecule has 3 N–H and O–H groups in total. The number of anilines is 1. The molecule has 0 aliphatic rings. The lowest BCUT2D eigenvalue weighted by Crippen LogP contribution is -2.20.